The summed E-state index contributed by atoms with van der Waals surface area (Å²) in [5.41, 5.74) is 1.18. The van der Waals surface area contributed by atoms with E-state index in [4.69, 9.17) is 9.84 Å². The van der Waals surface area contributed by atoms with Crippen LogP contribution in [0.4, 0.5) is 0 Å². The van der Waals surface area contributed by atoms with E-state index in [-0.39, 0.29) is 11.5 Å². The van der Waals surface area contributed by atoms with Gasteiger partial charge in [-0.05, 0) is 30.0 Å². The maximum Gasteiger partial charge on any atom is 0.335 e. The summed E-state index contributed by atoms with van der Waals surface area (Å²) < 4.78 is 5.27. The first kappa shape index (κ1) is 14.5. The molecule has 20 heavy (non-hydrogen) atoms. The third-order valence-corrected chi connectivity index (χ3v) is 3.53. The molecule has 1 aliphatic rings. The van der Waals surface area contributed by atoms with Gasteiger partial charge in [0.15, 0.2) is 0 Å². The third kappa shape index (κ3) is 3.81. The Hall–Kier alpha value is -1.88. The van der Waals surface area contributed by atoms with Crippen LogP contribution < -0.4 is 0 Å². The van der Waals surface area contributed by atoms with Crippen molar-refractivity contribution in [1.29, 1.82) is 0 Å². The second-order valence-electron chi connectivity index (χ2n) is 5.19. The van der Waals surface area contributed by atoms with Crippen molar-refractivity contribution >= 4 is 11.9 Å². The van der Waals surface area contributed by atoms with Crippen LogP contribution in [0.3, 0.4) is 0 Å². The number of nitrogens with zero attached hydrogens (tertiary/aromatic N) is 1. The number of carboxylic acids is 1. The zero-order valence-corrected chi connectivity index (χ0v) is 11.5. The summed E-state index contributed by atoms with van der Waals surface area (Å²) in [5.74, 6) is -0.510. The van der Waals surface area contributed by atoms with Crippen molar-refractivity contribution in [2.75, 3.05) is 20.3 Å². The highest BCUT2D eigenvalue weighted by Gasteiger charge is 2.21. The number of carboxylic acid groups (broad SMARTS) is 1. The molecule has 5 heteroatoms. The lowest BCUT2D eigenvalue weighted by Crippen LogP contribution is -2.28. The number of carbonyl (C=O) groups is 2. The van der Waals surface area contributed by atoms with Crippen LogP contribution in [0.1, 0.15) is 28.8 Å². The second-order valence-corrected chi connectivity index (χ2v) is 5.19. The number of carbonyl (C=O) groups excluding carboxylic acids is 1. The quantitative estimate of drug-likeness (QED) is 0.890. The van der Waals surface area contributed by atoms with Crippen LogP contribution in [0, 0.1) is 5.92 Å². The minimum absolute atomic E-state index is 0.0998. The number of hydrogen-bond acceptors (Lipinski definition) is 3. The fraction of sp³-hybridized carbons (Fsp3) is 0.467. The molecule has 0 bridgehead atoms. The first-order chi connectivity index (χ1) is 9.56. The van der Waals surface area contributed by atoms with Crippen LogP contribution in [-0.4, -0.2) is 42.1 Å². The SMILES string of the molecule is CN(Cc1ccc(C(=O)O)cc1)C(=O)C[C@H]1CCOC1. The average molecular weight is 277 g/mol. The van der Waals surface area contributed by atoms with E-state index in [9.17, 15) is 9.59 Å². The molecule has 0 aromatic heterocycles. The molecular formula is C15H19NO4. The van der Waals surface area contributed by atoms with Gasteiger partial charge >= 0.3 is 5.97 Å². The van der Waals surface area contributed by atoms with Crippen molar-refractivity contribution in [2.45, 2.75) is 19.4 Å². The minimum atomic E-state index is -0.942. The monoisotopic (exact) mass is 277 g/mol. The number of benzene rings is 1. The maximum absolute atomic E-state index is 12.1. The molecule has 1 heterocycles. The highest BCUT2D eigenvalue weighted by Crippen LogP contribution is 2.18. The zero-order valence-electron chi connectivity index (χ0n) is 11.5. The van der Waals surface area contributed by atoms with E-state index in [1.165, 1.54) is 0 Å². The Morgan fingerprint density at radius 2 is 2.05 bits per heavy atom. The molecule has 0 aliphatic carbocycles. The lowest BCUT2D eigenvalue weighted by molar-refractivity contribution is -0.131. The van der Waals surface area contributed by atoms with Gasteiger partial charge in [0, 0.05) is 33.2 Å². The molecule has 1 amide bonds. The van der Waals surface area contributed by atoms with E-state index in [1.54, 1.807) is 36.2 Å². The number of ether oxygens (including phenoxy) is 1. The Morgan fingerprint density at radius 3 is 2.60 bits per heavy atom. The molecule has 1 aromatic carbocycles. The molecule has 1 aromatic rings. The van der Waals surface area contributed by atoms with Gasteiger partial charge in [-0.3, -0.25) is 4.79 Å². The van der Waals surface area contributed by atoms with Crippen molar-refractivity contribution in [3.8, 4) is 0 Å². The molecule has 1 fully saturated rings. The molecule has 0 saturated carbocycles. The van der Waals surface area contributed by atoms with Crippen molar-refractivity contribution in [3.63, 3.8) is 0 Å². The van der Waals surface area contributed by atoms with Crippen LogP contribution in [-0.2, 0) is 16.1 Å². The van der Waals surface area contributed by atoms with E-state index in [1.807, 2.05) is 0 Å². The molecule has 1 N–H and O–H groups in total. The fourth-order valence-electron chi connectivity index (χ4n) is 2.26. The lowest BCUT2D eigenvalue weighted by atomic mass is 10.0. The Bertz CT molecular complexity index is 477. The summed E-state index contributed by atoms with van der Waals surface area (Å²) in [6, 6.07) is 6.60. The fourth-order valence-corrected chi connectivity index (χ4v) is 2.26. The molecule has 0 radical (unpaired) electrons. The van der Waals surface area contributed by atoms with E-state index < -0.39 is 5.97 Å². The van der Waals surface area contributed by atoms with Gasteiger partial charge < -0.3 is 14.7 Å². The predicted octanol–water partition coefficient (Wildman–Crippen LogP) is 1.77. The summed E-state index contributed by atoms with van der Waals surface area (Å²) in [5, 5.41) is 8.83. The summed E-state index contributed by atoms with van der Waals surface area (Å²) in [4.78, 5) is 24.5. The summed E-state index contributed by atoms with van der Waals surface area (Å²) >= 11 is 0. The van der Waals surface area contributed by atoms with E-state index in [2.05, 4.69) is 0 Å². The molecular weight excluding hydrogens is 258 g/mol. The van der Waals surface area contributed by atoms with Crippen molar-refractivity contribution < 1.29 is 19.4 Å². The topological polar surface area (TPSA) is 66.8 Å². The maximum atomic E-state index is 12.1. The second kappa shape index (κ2) is 6.52. The van der Waals surface area contributed by atoms with Gasteiger partial charge in [0.2, 0.25) is 5.91 Å². The molecule has 1 saturated heterocycles. The van der Waals surface area contributed by atoms with Crippen LogP contribution in [0.25, 0.3) is 0 Å². The first-order valence-electron chi connectivity index (χ1n) is 6.70. The molecule has 2 rings (SSSR count). The highest BCUT2D eigenvalue weighted by atomic mass is 16.5. The largest absolute Gasteiger partial charge is 0.478 e. The van der Waals surface area contributed by atoms with Gasteiger partial charge in [-0.1, -0.05) is 12.1 Å². The molecule has 1 atom stereocenters. The molecule has 0 unspecified atom stereocenters. The number of rotatable bonds is 5. The van der Waals surface area contributed by atoms with Crippen LogP contribution >= 0.6 is 0 Å². The predicted molar refractivity (Wildman–Crippen MR) is 73.4 cm³/mol. The van der Waals surface area contributed by atoms with Crippen molar-refractivity contribution in [3.05, 3.63) is 35.4 Å². The van der Waals surface area contributed by atoms with Crippen LogP contribution in [0.5, 0.6) is 0 Å². The summed E-state index contributed by atoms with van der Waals surface area (Å²) in [6.45, 7) is 1.91. The Kier molecular flexibility index (Phi) is 4.74. The highest BCUT2D eigenvalue weighted by molar-refractivity contribution is 5.87. The molecule has 5 nitrogen and oxygen atoms in total. The molecule has 0 spiro atoms. The summed E-state index contributed by atoms with van der Waals surface area (Å²) in [6.07, 6.45) is 1.47. The van der Waals surface area contributed by atoms with E-state index in [0.29, 0.717) is 25.5 Å². The van der Waals surface area contributed by atoms with Crippen molar-refractivity contribution in [1.82, 2.24) is 4.90 Å². The third-order valence-electron chi connectivity index (χ3n) is 3.53. The van der Waals surface area contributed by atoms with Gasteiger partial charge in [0.25, 0.3) is 0 Å². The van der Waals surface area contributed by atoms with Gasteiger partial charge in [-0.2, -0.15) is 0 Å². The number of aromatic carboxylic acids is 1. The normalized spacial score (nSPS) is 17.9. The number of hydrogen-bond donors (Lipinski definition) is 1. The minimum Gasteiger partial charge on any atom is -0.478 e. The smallest absolute Gasteiger partial charge is 0.335 e. The Labute approximate surface area is 118 Å². The summed E-state index contributed by atoms with van der Waals surface area (Å²) in [7, 11) is 1.77. The van der Waals surface area contributed by atoms with Crippen LogP contribution in [0.15, 0.2) is 24.3 Å². The van der Waals surface area contributed by atoms with Gasteiger partial charge in [-0.25, -0.2) is 4.79 Å². The first-order valence-corrected chi connectivity index (χ1v) is 6.70. The van der Waals surface area contributed by atoms with Gasteiger partial charge in [-0.15, -0.1) is 0 Å². The average Bonchev–Trinajstić information content (AvgIpc) is 2.92. The van der Waals surface area contributed by atoms with E-state index >= 15 is 0 Å². The molecule has 1 aliphatic heterocycles. The van der Waals surface area contributed by atoms with Gasteiger partial charge in [0.05, 0.1) is 5.56 Å². The Balaban J connectivity index is 1.87. The lowest BCUT2D eigenvalue weighted by Gasteiger charge is -2.19. The van der Waals surface area contributed by atoms with Crippen LogP contribution in [0.2, 0.25) is 0 Å². The van der Waals surface area contributed by atoms with E-state index in [0.717, 1.165) is 18.6 Å². The standard InChI is InChI=1S/C15H19NO4/c1-16(14(17)8-12-6-7-20-10-12)9-11-2-4-13(5-3-11)15(18)19/h2-5,12H,6-10H2,1H3,(H,18,19)/t12-/m1/s1. The number of amides is 1. The van der Waals surface area contributed by atoms with Gasteiger partial charge in [0.1, 0.15) is 0 Å². The molecule has 108 valence electrons. The van der Waals surface area contributed by atoms with Crippen molar-refractivity contribution in [2.24, 2.45) is 5.92 Å². The Morgan fingerprint density at radius 1 is 1.35 bits per heavy atom. The zero-order chi connectivity index (χ0) is 14.5.